The summed E-state index contributed by atoms with van der Waals surface area (Å²) in [5, 5.41) is 35.2. The number of benzene rings is 2. The highest BCUT2D eigenvalue weighted by molar-refractivity contribution is 7.89. The van der Waals surface area contributed by atoms with Crippen LogP contribution in [-0.2, 0) is 29.6 Å². The summed E-state index contributed by atoms with van der Waals surface area (Å²) >= 11 is 0. The van der Waals surface area contributed by atoms with Crippen LogP contribution in [0.3, 0.4) is 0 Å². The van der Waals surface area contributed by atoms with Crippen molar-refractivity contribution in [2.45, 2.75) is 9.79 Å². The van der Waals surface area contributed by atoms with Crippen molar-refractivity contribution in [3.05, 3.63) is 48.5 Å². The summed E-state index contributed by atoms with van der Waals surface area (Å²) in [5.74, 6) is -2.85. The molecule has 0 saturated carbocycles. The van der Waals surface area contributed by atoms with Gasteiger partial charge in [-0.25, -0.2) is 27.1 Å². The minimum absolute atomic E-state index is 0.137. The molecular formula is C14H12N10O6S2. The van der Waals surface area contributed by atoms with E-state index in [2.05, 4.69) is 41.4 Å². The summed E-state index contributed by atoms with van der Waals surface area (Å²) in [5.41, 5.74) is 0.347. The fourth-order valence-corrected chi connectivity index (χ4v) is 2.79. The molecule has 0 aliphatic rings. The van der Waals surface area contributed by atoms with Crippen molar-refractivity contribution in [2.75, 3.05) is 0 Å². The first-order valence-corrected chi connectivity index (χ1v) is 11.0. The van der Waals surface area contributed by atoms with E-state index in [0.717, 1.165) is 0 Å². The van der Waals surface area contributed by atoms with E-state index in [9.17, 15) is 26.4 Å². The van der Waals surface area contributed by atoms with Gasteiger partial charge in [0.25, 0.3) is 0 Å². The third-order valence-electron chi connectivity index (χ3n) is 3.18. The Balaban J connectivity index is 1.88. The molecule has 0 fully saturated rings. The minimum atomic E-state index is -3.85. The SMILES string of the molecule is NS(=O)(=O)c1ccc(N=NN=NC(=O)C(=O)N=NN=Nc2ccc(S(N)(=O)=O)cc2)cc1. The summed E-state index contributed by atoms with van der Waals surface area (Å²) in [7, 11) is -7.71. The highest BCUT2D eigenvalue weighted by Gasteiger charge is 2.12. The standard InChI is InChI=1S/C14H12N10O6S2/c15-31(27,28)11-5-1-9(2-6-11)17-21-23-19-13(25)14(26)20-24-22-18-10-3-7-12(8-4-10)32(16,29)30/h1-8H,(H2,15,27,28)(H2,16,29,30). The van der Waals surface area contributed by atoms with Crippen molar-refractivity contribution >= 4 is 43.2 Å². The number of nitrogens with two attached hydrogens (primary N) is 2. The Hall–Kier alpha value is -4.00. The molecule has 0 saturated heterocycles. The van der Waals surface area contributed by atoms with E-state index in [1.807, 2.05) is 0 Å². The summed E-state index contributed by atoms with van der Waals surface area (Å²) in [6.07, 6.45) is 0. The zero-order valence-electron chi connectivity index (χ0n) is 15.6. The Morgan fingerprint density at radius 3 is 1.16 bits per heavy atom. The van der Waals surface area contributed by atoms with Gasteiger partial charge in [0, 0.05) is 0 Å². The number of rotatable bonds is 6. The average molecular weight is 480 g/mol. The van der Waals surface area contributed by atoms with Crippen molar-refractivity contribution < 1.29 is 26.4 Å². The molecule has 32 heavy (non-hydrogen) atoms. The lowest BCUT2D eigenvalue weighted by atomic mass is 10.3. The first-order chi connectivity index (χ1) is 15.0. The lowest BCUT2D eigenvalue weighted by Gasteiger charge is -1.96. The Labute approximate surface area is 179 Å². The summed E-state index contributed by atoms with van der Waals surface area (Å²) < 4.78 is 44.5. The Bertz CT molecular complexity index is 1230. The van der Waals surface area contributed by atoms with E-state index in [1.54, 1.807) is 0 Å². The minimum Gasteiger partial charge on any atom is -0.259 e. The van der Waals surface area contributed by atoms with Crippen LogP contribution >= 0.6 is 0 Å². The number of primary sulfonamides is 2. The van der Waals surface area contributed by atoms with Gasteiger partial charge in [0.1, 0.15) is 0 Å². The van der Waals surface area contributed by atoms with Gasteiger partial charge in [-0.1, -0.05) is 10.2 Å². The van der Waals surface area contributed by atoms with Crippen LogP contribution in [0.15, 0.2) is 99.7 Å². The molecule has 2 rings (SSSR count). The van der Waals surface area contributed by atoms with Crippen molar-refractivity contribution in [3.8, 4) is 0 Å². The quantitative estimate of drug-likeness (QED) is 0.352. The predicted octanol–water partition coefficient (Wildman–Crippen LogP) is 1.64. The molecule has 4 N–H and O–H groups in total. The van der Waals surface area contributed by atoms with Crippen LogP contribution in [0.25, 0.3) is 0 Å². The molecular weight excluding hydrogens is 468 g/mol. The van der Waals surface area contributed by atoms with E-state index >= 15 is 0 Å². The van der Waals surface area contributed by atoms with Gasteiger partial charge in [-0.2, -0.15) is 0 Å². The zero-order chi connectivity index (χ0) is 23.8. The van der Waals surface area contributed by atoms with Gasteiger partial charge in [0.15, 0.2) is 0 Å². The van der Waals surface area contributed by atoms with Gasteiger partial charge < -0.3 is 0 Å². The van der Waals surface area contributed by atoms with Crippen LogP contribution in [0, 0.1) is 0 Å². The van der Waals surface area contributed by atoms with E-state index in [1.165, 1.54) is 48.5 Å². The molecule has 16 nitrogen and oxygen atoms in total. The molecule has 2 aromatic rings. The second-order valence-corrected chi connectivity index (χ2v) is 8.57. The molecule has 0 unspecified atom stereocenters. The summed E-state index contributed by atoms with van der Waals surface area (Å²) in [6.45, 7) is 0. The van der Waals surface area contributed by atoms with E-state index in [4.69, 9.17) is 10.3 Å². The predicted molar refractivity (Wildman–Crippen MR) is 104 cm³/mol. The Morgan fingerprint density at radius 1 is 0.562 bits per heavy atom. The maximum atomic E-state index is 11.4. The fraction of sp³-hybridized carbons (Fsp3) is 0. The van der Waals surface area contributed by atoms with Crippen LogP contribution in [0.1, 0.15) is 0 Å². The topological polar surface area (TPSA) is 253 Å². The Morgan fingerprint density at radius 2 is 0.875 bits per heavy atom. The van der Waals surface area contributed by atoms with Gasteiger partial charge >= 0.3 is 11.8 Å². The lowest BCUT2D eigenvalue weighted by Crippen LogP contribution is -2.11. The number of sulfonamides is 2. The van der Waals surface area contributed by atoms with Crippen LogP contribution < -0.4 is 10.3 Å². The molecule has 166 valence electrons. The number of nitrogens with zero attached hydrogens (tertiary/aromatic N) is 8. The van der Waals surface area contributed by atoms with Gasteiger partial charge in [0.05, 0.1) is 21.2 Å². The molecule has 0 heterocycles. The summed E-state index contributed by atoms with van der Waals surface area (Å²) in [4.78, 5) is 22.6. The maximum Gasteiger partial charge on any atom is 0.358 e. The maximum absolute atomic E-state index is 11.4. The van der Waals surface area contributed by atoms with Gasteiger partial charge in [-0.3, -0.25) is 9.59 Å². The molecule has 0 spiro atoms. The number of hydrogen-bond donors (Lipinski definition) is 2. The number of hydrogen-bond acceptors (Lipinski definition) is 8. The van der Waals surface area contributed by atoms with Crippen LogP contribution in [-0.4, -0.2) is 28.6 Å². The monoisotopic (exact) mass is 480 g/mol. The second-order valence-electron chi connectivity index (χ2n) is 5.45. The van der Waals surface area contributed by atoms with Crippen LogP contribution in [0.5, 0.6) is 0 Å². The molecule has 0 aliphatic carbocycles. The lowest BCUT2D eigenvalue weighted by molar-refractivity contribution is -0.135. The highest BCUT2D eigenvalue weighted by Crippen LogP contribution is 2.17. The molecule has 2 amide bonds. The third-order valence-corrected chi connectivity index (χ3v) is 5.04. The molecule has 0 aromatic heterocycles. The van der Waals surface area contributed by atoms with E-state index in [-0.39, 0.29) is 21.2 Å². The molecule has 2 aromatic carbocycles. The van der Waals surface area contributed by atoms with Crippen molar-refractivity contribution in [1.82, 2.24) is 0 Å². The first kappa shape index (κ1) is 24.3. The average Bonchev–Trinajstić information content (AvgIpc) is 2.73. The molecule has 0 atom stereocenters. The molecule has 0 aliphatic heterocycles. The molecule has 0 radical (unpaired) electrons. The zero-order valence-corrected chi connectivity index (χ0v) is 17.3. The van der Waals surface area contributed by atoms with Crippen LogP contribution in [0.4, 0.5) is 11.4 Å². The fourth-order valence-electron chi connectivity index (χ4n) is 1.76. The Kier molecular flexibility index (Phi) is 7.85. The highest BCUT2D eigenvalue weighted by atomic mass is 32.2. The van der Waals surface area contributed by atoms with Crippen molar-refractivity contribution in [1.29, 1.82) is 0 Å². The van der Waals surface area contributed by atoms with Crippen molar-refractivity contribution in [2.24, 2.45) is 51.6 Å². The second kappa shape index (κ2) is 10.3. The van der Waals surface area contributed by atoms with Gasteiger partial charge in [-0.15, -0.1) is 10.2 Å². The van der Waals surface area contributed by atoms with Gasteiger partial charge in [-0.05, 0) is 69.4 Å². The summed E-state index contributed by atoms with van der Waals surface area (Å²) in [6, 6.07) is 9.80. The number of amides is 2. The normalized spacial score (nSPS) is 12.9. The third kappa shape index (κ3) is 7.68. The largest absolute Gasteiger partial charge is 0.358 e. The first-order valence-electron chi connectivity index (χ1n) is 7.94. The van der Waals surface area contributed by atoms with Crippen LogP contribution in [0.2, 0.25) is 0 Å². The molecule has 18 heteroatoms. The smallest absolute Gasteiger partial charge is 0.259 e. The molecule has 0 bridgehead atoms. The number of carbonyl (C=O) groups is 2. The van der Waals surface area contributed by atoms with E-state index < -0.39 is 31.9 Å². The number of carbonyl (C=O) groups excluding carboxylic acids is 2. The van der Waals surface area contributed by atoms with Gasteiger partial charge in [0.2, 0.25) is 20.0 Å². The van der Waals surface area contributed by atoms with Crippen molar-refractivity contribution in [3.63, 3.8) is 0 Å². The van der Waals surface area contributed by atoms with E-state index in [0.29, 0.717) is 0 Å².